The van der Waals surface area contributed by atoms with Gasteiger partial charge >= 0.3 is 6.09 Å². The third-order valence-electron chi connectivity index (χ3n) is 5.64. The van der Waals surface area contributed by atoms with Gasteiger partial charge in [0, 0.05) is 18.8 Å². The van der Waals surface area contributed by atoms with Gasteiger partial charge in [-0.1, -0.05) is 30.3 Å². The fourth-order valence-corrected chi connectivity index (χ4v) is 4.24. The predicted molar refractivity (Wildman–Crippen MR) is 105 cm³/mol. The average Bonchev–Trinajstić information content (AvgIpc) is 3.37. The maximum Gasteiger partial charge on any atom is 0.407 e. The van der Waals surface area contributed by atoms with Crippen LogP contribution < -0.4 is 5.32 Å². The van der Waals surface area contributed by atoms with Gasteiger partial charge in [0.1, 0.15) is 12.1 Å². The summed E-state index contributed by atoms with van der Waals surface area (Å²) in [5.74, 6) is -0.475. The Kier molecular flexibility index (Phi) is 4.90. The Hall–Kier alpha value is -3.09. The van der Waals surface area contributed by atoms with Crippen LogP contribution >= 0.6 is 0 Å². The van der Waals surface area contributed by atoms with Crippen LogP contribution in [-0.4, -0.2) is 58.0 Å². The Morgan fingerprint density at radius 1 is 0.893 bits per heavy atom. The first-order valence-electron chi connectivity index (χ1n) is 9.64. The standard InChI is InChI=1S/C21H23N3O4/c25-19(22-16-10-9-14-5-1-2-6-15(14)13-16)17-7-3-11-23(17)20(26)18-8-4-12-24(18)21(27)28/h1-2,5-6,9-10,13,17-18H,3-4,7-8,11-12H2,(H,22,25)(H,27,28). The minimum absolute atomic E-state index is 0.221. The van der Waals surface area contributed by atoms with Crippen molar-refractivity contribution in [3.8, 4) is 0 Å². The molecule has 0 aliphatic carbocycles. The third-order valence-corrected chi connectivity index (χ3v) is 5.64. The molecule has 0 aromatic heterocycles. The summed E-state index contributed by atoms with van der Waals surface area (Å²) in [5.41, 5.74) is 0.691. The minimum atomic E-state index is -1.08. The Bertz CT molecular complexity index is 929. The van der Waals surface area contributed by atoms with Crippen molar-refractivity contribution < 1.29 is 19.5 Å². The summed E-state index contributed by atoms with van der Waals surface area (Å²) in [6.07, 6.45) is 1.43. The molecule has 0 bridgehead atoms. The highest BCUT2D eigenvalue weighted by atomic mass is 16.4. The number of rotatable bonds is 3. The van der Waals surface area contributed by atoms with E-state index in [4.69, 9.17) is 0 Å². The number of nitrogens with zero attached hydrogens (tertiary/aromatic N) is 2. The number of nitrogens with one attached hydrogen (secondary N) is 1. The van der Waals surface area contributed by atoms with E-state index in [2.05, 4.69) is 5.32 Å². The lowest BCUT2D eigenvalue weighted by molar-refractivity contribution is -0.140. The van der Waals surface area contributed by atoms with Crippen molar-refractivity contribution in [3.05, 3.63) is 42.5 Å². The normalized spacial score (nSPS) is 21.9. The highest BCUT2D eigenvalue weighted by molar-refractivity contribution is 6.00. The number of carboxylic acid groups (broad SMARTS) is 1. The van der Waals surface area contributed by atoms with Crippen molar-refractivity contribution in [2.45, 2.75) is 37.8 Å². The van der Waals surface area contributed by atoms with Crippen molar-refractivity contribution >= 4 is 34.4 Å². The van der Waals surface area contributed by atoms with Crippen molar-refractivity contribution in [1.29, 1.82) is 0 Å². The van der Waals surface area contributed by atoms with E-state index >= 15 is 0 Å². The lowest BCUT2D eigenvalue weighted by atomic mass is 10.1. The number of hydrogen-bond donors (Lipinski definition) is 2. The van der Waals surface area contributed by atoms with E-state index in [1.54, 1.807) is 4.90 Å². The van der Waals surface area contributed by atoms with Crippen LogP contribution in [0.2, 0.25) is 0 Å². The van der Waals surface area contributed by atoms with E-state index in [-0.39, 0.29) is 11.8 Å². The van der Waals surface area contributed by atoms with E-state index < -0.39 is 18.2 Å². The van der Waals surface area contributed by atoms with Crippen LogP contribution in [0.25, 0.3) is 10.8 Å². The van der Waals surface area contributed by atoms with Gasteiger partial charge < -0.3 is 15.3 Å². The van der Waals surface area contributed by atoms with Crippen LogP contribution in [0.4, 0.5) is 10.5 Å². The molecule has 2 aliphatic rings. The maximum absolute atomic E-state index is 12.9. The van der Waals surface area contributed by atoms with Crippen molar-refractivity contribution in [2.75, 3.05) is 18.4 Å². The van der Waals surface area contributed by atoms with Crippen LogP contribution in [0.1, 0.15) is 25.7 Å². The molecule has 3 amide bonds. The van der Waals surface area contributed by atoms with Gasteiger partial charge in [0.2, 0.25) is 11.8 Å². The van der Waals surface area contributed by atoms with Crippen molar-refractivity contribution in [2.24, 2.45) is 0 Å². The number of carbonyl (C=O) groups is 3. The summed E-state index contributed by atoms with van der Waals surface area (Å²) in [6, 6.07) is 12.4. The second-order valence-corrected chi connectivity index (χ2v) is 7.37. The molecule has 2 aliphatic heterocycles. The summed E-state index contributed by atoms with van der Waals surface area (Å²) >= 11 is 0. The first-order valence-corrected chi connectivity index (χ1v) is 9.64. The molecular weight excluding hydrogens is 358 g/mol. The molecule has 0 radical (unpaired) electrons. The van der Waals surface area contributed by atoms with Gasteiger partial charge in [-0.25, -0.2) is 4.79 Å². The summed E-state index contributed by atoms with van der Waals surface area (Å²) in [7, 11) is 0. The minimum Gasteiger partial charge on any atom is -0.465 e. The highest BCUT2D eigenvalue weighted by Crippen LogP contribution is 2.26. The van der Waals surface area contributed by atoms with Gasteiger partial charge in [0.25, 0.3) is 0 Å². The summed E-state index contributed by atoms with van der Waals surface area (Å²) in [6.45, 7) is 0.853. The number of anilines is 1. The van der Waals surface area contributed by atoms with Gasteiger partial charge in [-0.3, -0.25) is 14.5 Å². The number of likely N-dealkylation sites (tertiary alicyclic amines) is 2. The van der Waals surface area contributed by atoms with Crippen LogP contribution in [0, 0.1) is 0 Å². The van der Waals surface area contributed by atoms with Crippen LogP contribution in [0.15, 0.2) is 42.5 Å². The number of carbonyl (C=O) groups excluding carboxylic acids is 2. The molecule has 2 heterocycles. The number of benzene rings is 2. The van der Waals surface area contributed by atoms with E-state index in [0.717, 1.165) is 17.2 Å². The molecule has 28 heavy (non-hydrogen) atoms. The topological polar surface area (TPSA) is 90.0 Å². The summed E-state index contributed by atoms with van der Waals surface area (Å²) < 4.78 is 0. The largest absolute Gasteiger partial charge is 0.465 e. The van der Waals surface area contributed by atoms with Crippen LogP contribution in [-0.2, 0) is 9.59 Å². The number of hydrogen-bond acceptors (Lipinski definition) is 3. The zero-order valence-electron chi connectivity index (χ0n) is 15.5. The van der Waals surface area contributed by atoms with Crippen molar-refractivity contribution in [1.82, 2.24) is 9.80 Å². The first-order chi connectivity index (χ1) is 13.5. The third kappa shape index (κ3) is 3.40. The van der Waals surface area contributed by atoms with E-state index in [1.807, 2.05) is 42.5 Å². The molecule has 7 heteroatoms. The van der Waals surface area contributed by atoms with Gasteiger partial charge in [0.15, 0.2) is 0 Å². The molecule has 2 fully saturated rings. The average molecular weight is 381 g/mol. The zero-order valence-corrected chi connectivity index (χ0v) is 15.5. The maximum atomic E-state index is 12.9. The number of amides is 3. The second kappa shape index (κ2) is 7.50. The Morgan fingerprint density at radius 2 is 1.57 bits per heavy atom. The first kappa shape index (κ1) is 18.3. The summed E-state index contributed by atoms with van der Waals surface area (Å²) in [4.78, 5) is 39.9. The molecule has 2 aromatic carbocycles. The molecular formula is C21H23N3O4. The molecule has 2 atom stereocenters. The van der Waals surface area contributed by atoms with Crippen LogP contribution in [0.5, 0.6) is 0 Å². The Labute approximate surface area is 162 Å². The van der Waals surface area contributed by atoms with E-state index in [9.17, 15) is 19.5 Å². The van der Waals surface area contributed by atoms with E-state index in [0.29, 0.717) is 38.0 Å². The second-order valence-electron chi connectivity index (χ2n) is 7.37. The molecule has 2 saturated heterocycles. The van der Waals surface area contributed by atoms with Gasteiger partial charge in [-0.2, -0.15) is 0 Å². The lowest BCUT2D eigenvalue weighted by Crippen LogP contribution is -2.51. The fourth-order valence-electron chi connectivity index (χ4n) is 4.24. The predicted octanol–water partition coefficient (Wildman–Crippen LogP) is 2.91. The molecule has 4 rings (SSSR count). The molecule has 2 aromatic rings. The van der Waals surface area contributed by atoms with Crippen molar-refractivity contribution in [3.63, 3.8) is 0 Å². The Morgan fingerprint density at radius 3 is 2.32 bits per heavy atom. The lowest BCUT2D eigenvalue weighted by Gasteiger charge is -2.29. The van der Waals surface area contributed by atoms with Gasteiger partial charge in [-0.05, 0) is 48.6 Å². The Balaban J connectivity index is 1.48. The van der Waals surface area contributed by atoms with E-state index in [1.165, 1.54) is 4.90 Å². The number of fused-ring (bicyclic) bond motifs is 1. The zero-order chi connectivity index (χ0) is 19.7. The quantitative estimate of drug-likeness (QED) is 0.855. The molecule has 2 N–H and O–H groups in total. The summed E-state index contributed by atoms with van der Waals surface area (Å²) in [5, 5.41) is 14.4. The fraction of sp³-hybridized carbons (Fsp3) is 0.381. The molecule has 0 spiro atoms. The molecule has 146 valence electrons. The highest BCUT2D eigenvalue weighted by Gasteiger charge is 2.42. The smallest absolute Gasteiger partial charge is 0.407 e. The van der Waals surface area contributed by atoms with Gasteiger partial charge in [-0.15, -0.1) is 0 Å². The SMILES string of the molecule is O=C(Nc1ccc2ccccc2c1)C1CCCN1C(=O)C1CCCN1C(=O)O. The van der Waals surface area contributed by atoms with Crippen LogP contribution in [0.3, 0.4) is 0 Å². The molecule has 2 unspecified atom stereocenters. The molecule has 0 saturated carbocycles. The monoisotopic (exact) mass is 381 g/mol. The molecule has 7 nitrogen and oxygen atoms in total. The van der Waals surface area contributed by atoms with Gasteiger partial charge in [0.05, 0.1) is 0 Å².